The number of rotatable bonds is 4. The van der Waals surface area contributed by atoms with Crippen molar-refractivity contribution in [2.45, 2.75) is 0 Å². The Hall–Kier alpha value is -5.29. The Morgan fingerprint density at radius 1 is 0.474 bits per heavy atom. The van der Waals surface area contributed by atoms with Gasteiger partial charge in [-0.25, -0.2) is 0 Å². The lowest BCUT2D eigenvalue weighted by molar-refractivity contribution is 1.07. The fraction of sp³-hybridized carbons (Fsp3) is 0. The summed E-state index contributed by atoms with van der Waals surface area (Å²) >= 11 is 0. The summed E-state index contributed by atoms with van der Waals surface area (Å²) < 4.78 is 4.38. The van der Waals surface area contributed by atoms with Gasteiger partial charge in [0.25, 0.3) is 0 Å². The fourth-order valence-corrected chi connectivity index (χ4v) is 5.42. The molecule has 5 nitrogen and oxygen atoms in total. The molecule has 0 unspecified atom stereocenters. The summed E-state index contributed by atoms with van der Waals surface area (Å²) in [5.74, 6) is 0. The minimum Gasteiger partial charge on any atom is -0.396 e. The van der Waals surface area contributed by atoms with Crippen LogP contribution < -0.4 is 11.5 Å². The standard InChI is InChI=1S/C33H25N5/c34-29-26-14-7-8-15-27(26)37(25-19-17-23(18-20-25)22-10-3-1-4-11-22)32(29)33-30(35)31-28(16-9-21-36-31)38(33)24-12-5-2-6-13-24/h1-21H,34-35H2. The Morgan fingerprint density at radius 3 is 1.79 bits per heavy atom. The first-order chi connectivity index (χ1) is 18.7. The molecule has 0 spiro atoms. The molecule has 0 saturated carbocycles. The van der Waals surface area contributed by atoms with Gasteiger partial charge in [-0.05, 0) is 53.6 Å². The Balaban J connectivity index is 1.55. The van der Waals surface area contributed by atoms with Crippen molar-refractivity contribution < 1.29 is 0 Å². The molecule has 0 radical (unpaired) electrons. The van der Waals surface area contributed by atoms with Gasteiger partial charge in [0.15, 0.2) is 0 Å². The van der Waals surface area contributed by atoms with Crippen LogP contribution in [0.5, 0.6) is 0 Å². The summed E-state index contributed by atoms with van der Waals surface area (Å²) in [6, 6.07) is 41.4. The van der Waals surface area contributed by atoms with Crippen LogP contribution in [0.15, 0.2) is 128 Å². The van der Waals surface area contributed by atoms with Crippen molar-refractivity contribution in [1.82, 2.24) is 14.1 Å². The smallest absolute Gasteiger partial charge is 0.112 e. The first-order valence-corrected chi connectivity index (χ1v) is 12.6. The third-order valence-corrected chi connectivity index (χ3v) is 7.15. The zero-order valence-corrected chi connectivity index (χ0v) is 20.6. The zero-order valence-electron chi connectivity index (χ0n) is 20.6. The maximum Gasteiger partial charge on any atom is 0.112 e. The molecule has 0 bridgehead atoms. The minimum absolute atomic E-state index is 0.598. The van der Waals surface area contributed by atoms with Crippen LogP contribution in [0.25, 0.3) is 55.8 Å². The van der Waals surface area contributed by atoms with Gasteiger partial charge < -0.3 is 20.6 Å². The molecule has 0 fully saturated rings. The lowest BCUT2D eigenvalue weighted by Crippen LogP contribution is -2.05. The summed E-state index contributed by atoms with van der Waals surface area (Å²) in [5, 5.41) is 0.979. The highest BCUT2D eigenvalue weighted by molar-refractivity contribution is 6.08. The largest absolute Gasteiger partial charge is 0.396 e. The van der Waals surface area contributed by atoms with Gasteiger partial charge in [0.1, 0.15) is 5.52 Å². The molecule has 0 atom stereocenters. The highest BCUT2D eigenvalue weighted by Crippen LogP contribution is 2.45. The van der Waals surface area contributed by atoms with E-state index in [2.05, 4.69) is 86.9 Å². The van der Waals surface area contributed by atoms with Crippen LogP contribution in [0.1, 0.15) is 0 Å². The molecule has 7 rings (SSSR count). The normalized spacial score (nSPS) is 11.4. The molecule has 0 aliphatic carbocycles. The third-order valence-electron chi connectivity index (χ3n) is 7.15. The number of anilines is 2. The number of para-hydroxylation sites is 2. The number of nitrogen functional groups attached to an aromatic ring is 2. The summed E-state index contributed by atoms with van der Waals surface area (Å²) in [4.78, 5) is 4.65. The van der Waals surface area contributed by atoms with Crippen molar-refractivity contribution in [1.29, 1.82) is 0 Å². The molecule has 3 heterocycles. The van der Waals surface area contributed by atoms with Gasteiger partial charge in [-0.1, -0.05) is 78.9 Å². The van der Waals surface area contributed by atoms with E-state index in [1.807, 2.05) is 48.5 Å². The van der Waals surface area contributed by atoms with Crippen LogP contribution in [0.2, 0.25) is 0 Å². The third kappa shape index (κ3) is 3.29. The lowest BCUT2D eigenvalue weighted by atomic mass is 10.1. The topological polar surface area (TPSA) is 74.8 Å². The number of nitrogens with two attached hydrogens (primary N) is 2. The van der Waals surface area contributed by atoms with Crippen LogP contribution in [0, 0.1) is 0 Å². The van der Waals surface area contributed by atoms with Crippen LogP contribution >= 0.6 is 0 Å². The van der Waals surface area contributed by atoms with Crippen molar-refractivity contribution >= 4 is 33.3 Å². The van der Waals surface area contributed by atoms with E-state index in [0.29, 0.717) is 11.4 Å². The van der Waals surface area contributed by atoms with E-state index in [-0.39, 0.29) is 0 Å². The molecule has 4 N–H and O–H groups in total. The van der Waals surface area contributed by atoms with Gasteiger partial charge in [0.05, 0.1) is 33.8 Å². The number of nitrogens with zero attached hydrogens (tertiary/aromatic N) is 3. The average Bonchev–Trinajstić information content (AvgIpc) is 3.44. The number of fused-ring (bicyclic) bond motifs is 2. The average molecular weight is 492 g/mol. The van der Waals surface area contributed by atoms with Crippen LogP contribution in [0.4, 0.5) is 11.4 Å². The Morgan fingerprint density at radius 2 is 1.03 bits per heavy atom. The van der Waals surface area contributed by atoms with Crippen LogP contribution in [-0.2, 0) is 0 Å². The summed E-state index contributed by atoms with van der Waals surface area (Å²) in [7, 11) is 0. The molecule has 0 aliphatic heterocycles. The van der Waals surface area contributed by atoms with E-state index in [1.165, 1.54) is 5.56 Å². The highest BCUT2D eigenvalue weighted by atomic mass is 15.1. The maximum atomic E-state index is 6.96. The molecule has 4 aromatic carbocycles. The van der Waals surface area contributed by atoms with Gasteiger partial charge in [0.2, 0.25) is 0 Å². The van der Waals surface area contributed by atoms with Crippen molar-refractivity contribution in [3.8, 4) is 33.9 Å². The minimum atomic E-state index is 0.598. The quantitative estimate of drug-likeness (QED) is 0.268. The first kappa shape index (κ1) is 21.9. The van der Waals surface area contributed by atoms with Crippen molar-refractivity contribution in [2.24, 2.45) is 0 Å². The summed E-state index contributed by atoms with van der Waals surface area (Å²) in [6.07, 6.45) is 1.78. The first-order valence-electron chi connectivity index (χ1n) is 12.6. The number of hydrogen-bond acceptors (Lipinski definition) is 3. The van der Waals surface area contributed by atoms with Gasteiger partial charge >= 0.3 is 0 Å². The molecule has 0 aliphatic rings. The van der Waals surface area contributed by atoms with Crippen molar-refractivity contribution in [3.05, 3.63) is 128 Å². The molecule has 182 valence electrons. The maximum absolute atomic E-state index is 6.96. The second kappa shape index (κ2) is 8.68. The summed E-state index contributed by atoms with van der Waals surface area (Å²) in [6.45, 7) is 0. The predicted molar refractivity (Wildman–Crippen MR) is 158 cm³/mol. The fourth-order valence-electron chi connectivity index (χ4n) is 5.42. The molecule has 0 saturated heterocycles. The van der Waals surface area contributed by atoms with Gasteiger partial charge in [-0.3, -0.25) is 4.98 Å². The number of pyridine rings is 1. The highest BCUT2D eigenvalue weighted by Gasteiger charge is 2.26. The van der Waals surface area contributed by atoms with Gasteiger partial charge in [-0.15, -0.1) is 0 Å². The molecule has 38 heavy (non-hydrogen) atoms. The Labute approximate surface area is 220 Å². The Kier molecular flexibility index (Phi) is 5.01. The molecular weight excluding hydrogens is 466 g/mol. The van der Waals surface area contributed by atoms with Gasteiger partial charge in [-0.2, -0.15) is 0 Å². The molecule has 0 amide bonds. The molecule has 7 aromatic rings. The van der Waals surface area contributed by atoms with E-state index in [9.17, 15) is 0 Å². The monoisotopic (exact) mass is 491 g/mol. The number of benzene rings is 4. The molecular formula is C33H25N5. The van der Waals surface area contributed by atoms with Gasteiger partial charge in [0, 0.05) is 23.0 Å². The van der Waals surface area contributed by atoms with Crippen LogP contribution in [0.3, 0.4) is 0 Å². The lowest BCUT2D eigenvalue weighted by Gasteiger charge is -2.16. The number of hydrogen-bond donors (Lipinski definition) is 2. The van der Waals surface area contributed by atoms with E-state index in [1.54, 1.807) is 6.20 Å². The summed E-state index contributed by atoms with van der Waals surface area (Å²) in [5.41, 5.74) is 23.8. The molecule has 5 heteroatoms. The van der Waals surface area contributed by atoms with E-state index < -0.39 is 0 Å². The van der Waals surface area contributed by atoms with Crippen LogP contribution in [-0.4, -0.2) is 14.1 Å². The second-order valence-corrected chi connectivity index (χ2v) is 9.33. The van der Waals surface area contributed by atoms with E-state index in [0.717, 1.165) is 50.3 Å². The van der Waals surface area contributed by atoms with E-state index >= 15 is 0 Å². The molecule has 3 aromatic heterocycles. The van der Waals surface area contributed by atoms with Crippen molar-refractivity contribution in [3.63, 3.8) is 0 Å². The SMILES string of the molecule is Nc1c(-c2c(N)c3ncccc3n2-c2ccccc2)n(-c2ccc(-c3ccccc3)cc2)c2ccccc12. The second-order valence-electron chi connectivity index (χ2n) is 9.33. The predicted octanol–water partition coefficient (Wildman–Crippen LogP) is 7.47. The van der Waals surface area contributed by atoms with E-state index in [4.69, 9.17) is 11.5 Å². The zero-order chi connectivity index (χ0) is 25.6. The Bertz CT molecular complexity index is 1910. The number of aromatic nitrogens is 3. The van der Waals surface area contributed by atoms with Crippen molar-refractivity contribution in [2.75, 3.05) is 11.5 Å².